The third-order valence-corrected chi connectivity index (χ3v) is 3.48. The highest BCUT2D eigenvalue weighted by atomic mass is 35.5. The molecule has 1 heterocycles. The van der Waals surface area contributed by atoms with Crippen molar-refractivity contribution in [2.75, 3.05) is 32.1 Å². The summed E-state index contributed by atoms with van der Waals surface area (Å²) in [5, 5.41) is 21.3. The first-order valence-corrected chi connectivity index (χ1v) is 6.83. The van der Waals surface area contributed by atoms with Crippen LogP contribution >= 0.6 is 11.6 Å². The molecule has 0 aliphatic carbocycles. The number of hydrogen-bond acceptors (Lipinski definition) is 6. The van der Waals surface area contributed by atoms with Gasteiger partial charge in [0.15, 0.2) is 0 Å². The number of carbonyl (C=O) groups is 2. The van der Waals surface area contributed by atoms with Gasteiger partial charge in [0.25, 0.3) is 5.91 Å². The largest absolute Gasteiger partial charge is 0.508 e. The number of nitrogens with zero attached hydrogens (tertiary/aromatic N) is 1. The number of aromatic hydroxyl groups is 1. The molecule has 7 nitrogen and oxygen atoms in total. The molecule has 1 aliphatic heterocycles. The van der Waals surface area contributed by atoms with E-state index in [0.29, 0.717) is 5.69 Å². The lowest BCUT2D eigenvalue weighted by molar-refractivity contribution is -0.136. The van der Waals surface area contributed by atoms with Gasteiger partial charge in [-0.2, -0.15) is 0 Å². The van der Waals surface area contributed by atoms with Crippen LogP contribution in [0, 0.1) is 0 Å². The Labute approximate surface area is 131 Å². The molecule has 118 valence electrons. The number of rotatable bonds is 5. The van der Waals surface area contributed by atoms with Crippen molar-refractivity contribution in [1.29, 1.82) is 0 Å². The summed E-state index contributed by atoms with van der Waals surface area (Å²) in [6.07, 6.45) is 0. The first kappa shape index (κ1) is 16.1. The average molecular weight is 327 g/mol. The van der Waals surface area contributed by atoms with Gasteiger partial charge in [-0.15, -0.1) is 0 Å². The first-order chi connectivity index (χ1) is 10.5. The van der Waals surface area contributed by atoms with E-state index >= 15 is 0 Å². The summed E-state index contributed by atoms with van der Waals surface area (Å²) in [7, 11) is 1.22. The first-order valence-electron chi connectivity index (χ1n) is 6.45. The molecule has 0 saturated heterocycles. The van der Waals surface area contributed by atoms with Crippen LogP contribution in [0.5, 0.6) is 5.75 Å². The van der Waals surface area contributed by atoms with Crippen molar-refractivity contribution < 1.29 is 24.5 Å². The van der Waals surface area contributed by atoms with Gasteiger partial charge in [0, 0.05) is 12.6 Å². The number of β-amino-alcohol motifs (C(OH)–C–C–N with tert-alkyl or cyclic N) is 1. The Morgan fingerprint density at radius 1 is 1.50 bits per heavy atom. The Kier molecular flexibility index (Phi) is 4.89. The number of phenolic OH excluding ortho intramolecular Hbond substituents is 1. The van der Waals surface area contributed by atoms with E-state index in [1.807, 2.05) is 0 Å². The molecule has 0 saturated carbocycles. The van der Waals surface area contributed by atoms with E-state index in [1.165, 1.54) is 30.2 Å². The van der Waals surface area contributed by atoms with Crippen molar-refractivity contribution in [3.8, 4) is 5.75 Å². The standard InChI is InChI=1S/C14H15ClN2O5/c1-22-14(21)9-7-17(4-5-18)13(20)12(9)16-11-3-2-8(19)6-10(11)15/h2-3,6,16,18-19H,4-5,7H2,1H3. The van der Waals surface area contributed by atoms with Crippen LogP contribution in [0.3, 0.4) is 0 Å². The van der Waals surface area contributed by atoms with Crippen LogP contribution in [-0.2, 0) is 14.3 Å². The van der Waals surface area contributed by atoms with Crippen molar-refractivity contribution in [3.05, 3.63) is 34.5 Å². The number of carbonyl (C=O) groups excluding carboxylic acids is 2. The fraction of sp³-hybridized carbons (Fsp3) is 0.286. The van der Waals surface area contributed by atoms with Crippen molar-refractivity contribution >= 4 is 29.2 Å². The smallest absolute Gasteiger partial charge is 0.337 e. The second-order valence-corrected chi connectivity index (χ2v) is 4.99. The molecule has 0 bridgehead atoms. The van der Waals surface area contributed by atoms with Crippen molar-refractivity contribution in [1.82, 2.24) is 4.90 Å². The minimum Gasteiger partial charge on any atom is -0.508 e. The molecule has 0 unspecified atom stereocenters. The van der Waals surface area contributed by atoms with Crippen molar-refractivity contribution in [2.45, 2.75) is 0 Å². The van der Waals surface area contributed by atoms with Gasteiger partial charge in [0.05, 0.1) is 36.5 Å². The van der Waals surface area contributed by atoms with E-state index in [9.17, 15) is 14.7 Å². The molecule has 8 heteroatoms. The molecule has 0 aromatic heterocycles. The summed E-state index contributed by atoms with van der Waals surface area (Å²) < 4.78 is 4.68. The van der Waals surface area contributed by atoms with Gasteiger partial charge in [-0.25, -0.2) is 4.79 Å². The second kappa shape index (κ2) is 6.67. The predicted molar refractivity (Wildman–Crippen MR) is 79.4 cm³/mol. The number of esters is 1. The number of amides is 1. The maximum atomic E-state index is 12.3. The lowest BCUT2D eigenvalue weighted by Crippen LogP contribution is -2.31. The number of hydrogen-bond donors (Lipinski definition) is 3. The van der Waals surface area contributed by atoms with E-state index in [1.54, 1.807) is 0 Å². The Morgan fingerprint density at radius 3 is 2.82 bits per heavy atom. The summed E-state index contributed by atoms with van der Waals surface area (Å²) in [4.78, 5) is 25.4. The van der Waals surface area contributed by atoms with Gasteiger partial charge >= 0.3 is 5.97 Å². The molecule has 3 N–H and O–H groups in total. The Balaban J connectivity index is 2.34. The molecule has 0 atom stereocenters. The normalized spacial score (nSPS) is 14.5. The maximum absolute atomic E-state index is 12.3. The summed E-state index contributed by atoms with van der Waals surface area (Å²) in [5.74, 6) is -1.08. The zero-order valence-corrected chi connectivity index (χ0v) is 12.6. The number of ether oxygens (including phenoxy) is 1. The minimum atomic E-state index is -0.633. The van der Waals surface area contributed by atoms with Crippen LogP contribution in [0.1, 0.15) is 0 Å². The fourth-order valence-electron chi connectivity index (χ4n) is 2.09. The zero-order chi connectivity index (χ0) is 16.3. The number of methoxy groups -OCH3 is 1. The Bertz CT molecular complexity index is 644. The number of aliphatic hydroxyl groups excluding tert-OH is 1. The number of aliphatic hydroxyl groups is 1. The molecular formula is C14H15ClN2O5. The molecular weight excluding hydrogens is 312 g/mol. The maximum Gasteiger partial charge on any atom is 0.337 e. The van der Waals surface area contributed by atoms with Crippen LogP contribution in [0.25, 0.3) is 0 Å². The summed E-state index contributed by atoms with van der Waals surface area (Å²) in [6, 6.07) is 4.20. The van der Waals surface area contributed by atoms with E-state index in [2.05, 4.69) is 10.1 Å². The van der Waals surface area contributed by atoms with E-state index in [-0.39, 0.29) is 41.7 Å². The van der Waals surface area contributed by atoms with Gasteiger partial charge in [-0.1, -0.05) is 11.6 Å². The fourth-order valence-corrected chi connectivity index (χ4v) is 2.31. The van der Waals surface area contributed by atoms with Gasteiger partial charge in [-0.05, 0) is 12.1 Å². The average Bonchev–Trinajstić information content (AvgIpc) is 2.79. The SMILES string of the molecule is COC(=O)C1=C(Nc2ccc(O)cc2Cl)C(=O)N(CCO)C1. The van der Waals surface area contributed by atoms with E-state index in [0.717, 1.165) is 0 Å². The predicted octanol–water partition coefficient (Wildman–Crippen LogP) is 0.719. The monoisotopic (exact) mass is 326 g/mol. The summed E-state index contributed by atoms with van der Waals surface area (Å²) >= 11 is 5.99. The minimum absolute atomic E-state index is 0.0163. The van der Waals surface area contributed by atoms with Crippen molar-refractivity contribution in [3.63, 3.8) is 0 Å². The van der Waals surface area contributed by atoms with E-state index < -0.39 is 11.9 Å². The summed E-state index contributed by atoms with van der Waals surface area (Å²) in [6.45, 7) is -0.0641. The molecule has 0 fully saturated rings. The molecule has 1 amide bonds. The van der Waals surface area contributed by atoms with Gasteiger partial charge in [0.2, 0.25) is 0 Å². The van der Waals surface area contributed by atoms with Crippen LogP contribution in [-0.4, -0.2) is 53.8 Å². The van der Waals surface area contributed by atoms with Gasteiger partial charge < -0.3 is 25.2 Å². The highest BCUT2D eigenvalue weighted by Gasteiger charge is 2.34. The lowest BCUT2D eigenvalue weighted by atomic mass is 10.2. The Hall–Kier alpha value is -2.25. The second-order valence-electron chi connectivity index (χ2n) is 4.58. The number of nitrogens with one attached hydrogen (secondary N) is 1. The molecule has 0 spiro atoms. The lowest BCUT2D eigenvalue weighted by Gasteiger charge is -2.15. The highest BCUT2D eigenvalue weighted by Crippen LogP contribution is 2.29. The molecule has 22 heavy (non-hydrogen) atoms. The number of benzene rings is 1. The quantitative estimate of drug-likeness (QED) is 0.544. The van der Waals surface area contributed by atoms with Crippen LogP contribution in [0.2, 0.25) is 5.02 Å². The zero-order valence-electron chi connectivity index (χ0n) is 11.8. The van der Waals surface area contributed by atoms with E-state index in [4.69, 9.17) is 16.7 Å². The van der Waals surface area contributed by atoms with Crippen LogP contribution in [0.15, 0.2) is 29.5 Å². The van der Waals surface area contributed by atoms with Gasteiger partial charge in [-0.3, -0.25) is 4.79 Å². The number of anilines is 1. The third-order valence-electron chi connectivity index (χ3n) is 3.17. The number of phenols is 1. The summed E-state index contributed by atoms with van der Waals surface area (Å²) in [5.41, 5.74) is 0.577. The van der Waals surface area contributed by atoms with Crippen molar-refractivity contribution in [2.24, 2.45) is 0 Å². The highest BCUT2D eigenvalue weighted by molar-refractivity contribution is 6.33. The molecule has 1 aromatic carbocycles. The topological polar surface area (TPSA) is 99.1 Å². The molecule has 1 aliphatic rings. The molecule has 1 aromatic rings. The van der Waals surface area contributed by atoms with Crippen LogP contribution in [0.4, 0.5) is 5.69 Å². The van der Waals surface area contributed by atoms with Crippen LogP contribution < -0.4 is 5.32 Å². The molecule has 2 rings (SSSR count). The Morgan fingerprint density at radius 2 is 2.23 bits per heavy atom. The molecule has 0 radical (unpaired) electrons. The number of halogens is 1. The third kappa shape index (κ3) is 3.15. The van der Waals surface area contributed by atoms with Gasteiger partial charge in [0.1, 0.15) is 11.4 Å².